The fourth-order valence-electron chi connectivity index (χ4n) is 2.55. The first-order chi connectivity index (χ1) is 12.9. The summed E-state index contributed by atoms with van der Waals surface area (Å²) in [5.41, 5.74) is 3.14. The first-order valence-corrected chi connectivity index (χ1v) is 7.91. The number of nitrogens with two attached hydrogens (primary N) is 1. The van der Waals surface area contributed by atoms with Gasteiger partial charge in [0.25, 0.3) is 11.8 Å². The van der Waals surface area contributed by atoms with Gasteiger partial charge in [-0.05, 0) is 36.4 Å². The molecule has 1 aliphatic rings. The maximum Gasteiger partial charge on any atom is 0.309 e. The van der Waals surface area contributed by atoms with E-state index in [9.17, 15) is 19.2 Å². The number of nitrogens with one attached hydrogen (secondary N) is 1. The molecule has 2 aromatic rings. The first kappa shape index (κ1) is 18.2. The predicted molar refractivity (Wildman–Crippen MR) is 94.6 cm³/mol. The normalized spacial score (nSPS) is 12.7. The second-order valence-electron chi connectivity index (χ2n) is 5.62. The van der Waals surface area contributed by atoms with Gasteiger partial charge in [-0.2, -0.15) is 0 Å². The molecular weight excluding hydrogens is 352 g/mol. The lowest BCUT2D eigenvalue weighted by Crippen LogP contribution is -2.50. The molecule has 3 amide bonds. The Morgan fingerprint density at radius 2 is 1.59 bits per heavy atom. The fraction of sp³-hybridized carbons (Fsp3) is 0.111. The largest absolute Gasteiger partial charge is 0.497 e. The van der Waals surface area contributed by atoms with Crippen LogP contribution in [0.15, 0.2) is 48.5 Å². The van der Waals surface area contributed by atoms with Crippen molar-refractivity contribution in [1.29, 1.82) is 0 Å². The number of imide groups is 1. The minimum Gasteiger partial charge on any atom is -0.497 e. The molecule has 9 heteroatoms. The maximum absolute atomic E-state index is 12.2. The number of carbonyl (C=O) groups excluding carboxylic acids is 4. The van der Waals surface area contributed by atoms with Crippen LogP contribution < -0.4 is 21.0 Å². The Morgan fingerprint density at radius 1 is 1.04 bits per heavy atom. The van der Waals surface area contributed by atoms with E-state index in [2.05, 4.69) is 5.43 Å². The zero-order valence-electron chi connectivity index (χ0n) is 14.3. The Morgan fingerprint density at radius 3 is 2.11 bits per heavy atom. The molecule has 0 saturated carbocycles. The Bertz CT molecular complexity index is 891. The summed E-state index contributed by atoms with van der Waals surface area (Å²) in [6.45, 7) is -0.561. The van der Waals surface area contributed by atoms with E-state index in [4.69, 9.17) is 10.6 Å². The molecule has 0 atom stereocenters. The molecule has 0 fully saturated rings. The predicted octanol–water partition coefficient (Wildman–Crippen LogP) is 0.272. The van der Waals surface area contributed by atoms with Gasteiger partial charge in [0.05, 0.1) is 30.5 Å². The van der Waals surface area contributed by atoms with Crippen molar-refractivity contribution in [3.63, 3.8) is 0 Å². The SMILES string of the molecule is COc1ccc(N(N)C(=O)C(=O)CNN2C(=O)c3ccccc3C2=O)cc1. The number of fused-ring (bicyclic) bond motifs is 1. The van der Waals surface area contributed by atoms with Crippen LogP contribution >= 0.6 is 0 Å². The molecule has 27 heavy (non-hydrogen) atoms. The molecule has 0 spiro atoms. The van der Waals surface area contributed by atoms with E-state index < -0.39 is 30.0 Å². The average Bonchev–Trinajstić information content (AvgIpc) is 2.95. The molecule has 0 aromatic heterocycles. The summed E-state index contributed by atoms with van der Waals surface area (Å²) < 4.78 is 5.01. The number of Topliss-reactive ketones (excluding diaryl/α,β-unsaturated/α-hetero) is 1. The number of rotatable bonds is 6. The van der Waals surface area contributed by atoms with E-state index in [1.54, 1.807) is 24.3 Å². The van der Waals surface area contributed by atoms with Gasteiger partial charge >= 0.3 is 5.91 Å². The van der Waals surface area contributed by atoms with Crippen molar-refractivity contribution in [2.24, 2.45) is 5.84 Å². The molecule has 3 N–H and O–H groups in total. The zero-order chi connectivity index (χ0) is 19.6. The van der Waals surface area contributed by atoms with E-state index in [1.807, 2.05) is 0 Å². The minimum atomic E-state index is -0.996. The van der Waals surface area contributed by atoms with Crippen LogP contribution in [0.1, 0.15) is 20.7 Å². The van der Waals surface area contributed by atoms with Gasteiger partial charge in [-0.3, -0.25) is 19.2 Å². The summed E-state index contributed by atoms with van der Waals surface area (Å²) in [5, 5.41) is 1.40. The van der Waals surface area contributed by atoms with E-state index in [1.165, 1.54) is 31.4 Å². The van der Waals surface area contributed by atoms with Gasteiger partial charge in [0.15, 0.2) is 0 Å². The highest BCUT2D eigenvalue weighted by molar-refractivity contribution is 6.41. The highest BCUT2D eigenvalue weighted by Crippen LogP contribution is 2.20. The van der Waals surface area contributed by atoms with Crippen molar-refractivity contribution in [2.45, 2.75) is 0 Å². The molecule has 0 aliphatic carbocycles. The molecule has 0 saturated heterocycles. The summed E-state index contributed by atoms with van der Waals surface area (Å²) in [6.07, 6.45) is 0. The van der Waals surface area contributed by atoms with Gasteiger partial charge in [0.1, 0.15) is 5.75 Å². The maximum atomic E-state index is 12.2. The van der Waals surface area contributed by atoms with Gasteiger partial charge in [-0.1, -0.05) is 12.1 Å². The third-order valence-corrected chi connectivity index (χ3v) is 4.00. The van der Waals surface area contributed by atoms with Gasteiger partial charge in [-0.15, -0.1) is 0 Å². The molecule has 138 valence electrons. The Hall–Kier alpha value is -3.56. The summed E-state index contributed by atoms with van der Waals surface area (Å²) in [5.74, 6) is 3.17. The van der Waals surface area contributed by atoms with Crippen molar-refractivity contribution >= 4 is 29.2 Å². The standard InChI is InChI=1S/C18H16N4O5/c1-27-12-8-6-11(7-9-12)21(19)18(26)15(23)10-20-22-16(24)13-4-2-3-5-14(13)17(22)25/h2-9,20H,10,19H2,1H3. The van der Waals surface area contributed by atoms with Crippen molar-refractivity contribution in [3.8, 4) is 5.75 Å². The number of methoxy groups -OCH3 is 1. The van der Waals surface area contributed by atoms with E-state index in [0.29, 0.717) is 15.8 Å². The average molecular weight is 368 g/mol. The summed E-state index contributed by atoms with van der Waals surface area (Å²) in [4.78, 5) is 48.7. The minimum absolute atomic E-state index is 0.229. The molecule has 3 rings (SSSR count). The summed E-state index contributed by atoms with van der Waals surface area (Å²) in [6, 6.07) is 12.5. The molecule has 1 aliphatic heterocycles. The lowest BCUT2D eigenvalue weighted by Gasteiger charge is -2.18. The molecular formula is C18H16N4O5. The molecule has 1 heterocycles. The van der Waals surface area contributed by atoms with E-state index in [0.717, 1.165) is 0 Å². The molecule has 2 aromatic carbocycles. The van der Waals surface area contributed by atoms with E-state index >= 15 is 0 Å². The lowest BCUT2D eigenvalue weighted by molar-refractivity contribution is -0.136. The zero-order valence-corrected chi connectivity index (χ0v) is 14.3. The smallest absolute Gasteiger partial charge is 0.309 e. The second-order valence-corrected chi connectivity index (χ2v) is 5.62. The number of carbonyl (C=O) groups is 4. The van der Waals surface area contributed by atoms with Crippen molar-refractivity contribution in [3.05, 3.63) is 59.7 Å². The molecule has 0 bridgehead atoms. The number of ketones is 1. The molecule has 0 radical (unpaired) electrons. The number of ether oxygens (including phenoxy) is 1. The number of hydrogen-bond donors (Lipinski definition) is 2. The number of amides is 3. The second kappa shape index (κ2) is 7.36. The van der Waals surface area contributed by atoms with Gasteiger partial charge in [-0.25, -0.2) is 21.3 Å². The van der Waals surface area contributed by atoms with Crippen LogP contribution in [-0.2, 0) is 9.59 Å². The number of hydrazine groups is 2. The molecule has 0 unspecified atom stereocenters. The summed E-state index contributed by atoms with van der Waals surface area (Å²) in [7, 11) is 1.49. The van der Waals surface area contributed by atoms with Crippen LogP contribution in [-0.4, -0.2) is 42.2 Å². The van der Waals surface area contributed by atoms with Crippen LogP contribution in [0.4, 0.5) is 5.69 Å². The van der Waals surface area contributed by atoms with Gasteiger partial charge in [0, 0.05) is 0 Å². The number of anilines is 1. The van der Waals surface area contributed by atoms with E-state index in [-0.39, 0.29) is 16.8 Å². The Balaban J connectivity index is 1.63. The lowest BCUT2D eigenvalue weighted by atomic mass is 10.1. The molecule has 9 nitrogen and oxygen atoms in total. The van der Waals surface area contributed by atoms with Crippen LogP contribution in [0.3, 0.4) is 0 Å². The third-order valence-electron chi connectivity index (χ3n) is 4.00. The topological polar surface area (TPSA) is 122 Å². The first-order valence-electron chi connectivity index (χ1n) is 7.91. The number of hydrogen-bond acceptors (Lipinski definition) is 7. The van der Waals surface area contributed by atoms with Crippen LogP contribution in [0, 0.1) is 0 Å². The van der Waals surface area contributed by atoms with Crippen molar-refractivity contribution in [1.82, 2.24) is 10.4 Å². The van der Waals surface area contributed by atoms with Crippen LogP contribution in [0.2, 0.25) is 0 Å². The van der Waals surface area contributed by atoms with Crippen molar-refractivity contribution in [2.75, 3.05) is 18.7 Å². The third kappa shape index (κ3) is 3.41. The Kier molecular flexibility index (Phi) is 4.97. The highest BCUT2D eigenvalue weighted by atomic mass is 16.5. The fourth-order valence-corrected chi connectivity index (χ4v) is 2.55. The number of nitrogens with zero attached hydrogens (tertiary/aromatic N) is 2. The number of benzene rings is 2. The van der Waals surface area contributed by atoms with Gasteiger partial charge in [0.2, 0.25) is 5.78 Å². The van der Waals surface area contributed by atoms with Crippen molar-refractivity contribution < 1.29 is 23.9 Å². The van der Waals surface area contributed by atoms with Crippen LogP contribution in [0.5, 0.6) is 5.75 Å². The quantitative estimate of drug-likeness (QED) is 0.247. The van der Waals surface area contributed by atoms with Gasteiger partial charge < -0.3 is 4.74 Å². The monoisotopic (exact) mass is 368 g/mol. The van der Waals surface area contributed by atoms with Crippen LogP contribution in [0.25, 0.3) is 0 Å². The highest BCUT2D eigenvalue weighted by Gasteiger charge is 2.36. The Labute approximate surface area is 154 Å². The summed E-state index contributed by atoms with van der Waals surface area (Å²) >= 11 is 0.